The molecule has 18 heavy (non-hydrogen) atoms. The van der Waals surface area contributed by atoms with Crippen LogP contribution < -0.4 is 5.73 Å². The van der Waals surface area contributed by atoms with Crippen molar-refractivity contribution in [1.29, 1.82) is 0 Å². The molecule has 1 heterocycles. The lowest BCUT2D eigenvalue weighted by Gasteiger charge is -2.42. The van der Waals surface area contributed by atoms with E-state index in [0.717, 1.165) is 19.3 Å². The summed E-state index contributed by atoms with van der Waals surface area (Å²) < 4.78 is 0. The molecular weight excluding hydrogens is 226 g/mol. The van der Waals surface area contributed by atoms with Crippen LogP contribution in [0.5, 0.6) is 0 Å². The van der Waals surface area contributed by atoms with E-state index in [9.17, 15) is 5.11 Å². The number of nitrogens with zero attached hydrogens (tertiary/aromatic N) is 2. The molecule has 100 valence electrons. The number of aryl methyl sites for hydroxylation is 1. The van der Waals surface area contributed by atoms with Crippen LogP contribution in [0.25, 0.3) is 0 Å². The second-order valence-electron chi connectivity index (χ2n) is 5.70. The molecule has 2 rings (SSSR count). The molecular formula is C14H23N3O. The summed E-state index contributed by atoms with van der Waals surface area (Å²) in [7, 11) is 0. The molecule has 1 saturated carbocycles. The van der Waals surface area contributed by atoms with Crippen LogP contribution in [0.1, 0.15) is 50.2 Å². The average molecular weight is 249 g/mol. The van der Waals surface area contributed by atoms with E-state index in [1.165, 1.54) is 6.42 Å². The Kier molecular flexibility index (Phi) is 3.97. The van der Waals surface area contributed by atoms with E-state index >= 15 is 0 Å². The van der Waals surface area contributed by atoms with Crippen molar-refractivity contribution >= 4 is 0 Å². The van der Waals surface area contributed by atoms with Gasteiger partial charge in [0.25, 0.3) is 0 Å². The first kappa shape index (κ1) is 13.4. The average Bonchev–Trinajstić information content (AvgIpc) is 2.37. The maximum Gasteiger partial charge on any atom is 0.125 e. The Morgan fingerprint density at radius 3 is 3.00 bits per heavy atom. The van der Waals surface area contributed by atoms with Crippen molar-refractivity contribution in [2.75, 3.05) is 6.54 Å². The zero-order chi connectivity index (χ0) is 13.2. The van der Waals surface area contributed by atoms with E-state index in [0.29, 0.717) is 24.0 Å². The molecule has 3 N–H and O–H groups in total. The monoisotopic (exact) mass is 249 g/mol. The molecule has 1 fully saturated rings. The van der Waals surface area contributed by atoms with E-state index in [-0.39, 0.29) is 5.41 Å². The van der Waals surface area contributed by atoms with Crippen LogP contribution in [0.3, 0.4) is 0 Å². The summed E-state index contributed by atoms with van der Waals surface area (Å²) in [6, 6.07) is 1.80. The Hall–Kier alpha value is -1.00. The minimum atomic E-state index is -0.577. The van der Waals surface area contributed by atoms with Crippen molar-refractivity contribution in [2.24, 2.45) is 17.1 Å². The quantitative estimate of drug-likeness (QED) is 0.859. The molecule has 1 aromatic rings. The predicted molar refractivity (Wildman–Crippen MR) is 70.8 cm³/mol. The van der Waals surface area contributed by atoms with E-state index < -0.39 is 6.10 Å². The second kappa shape index (κ2) is 5.33. The molecule has 4 nitrogen and oxygen atoms in total. The fourth-order valence-electron chi connectivity index (χ4n) is 3.19. The van der Waals surface area contributed by atoms with Crippen LogP contribution in [0.4, 0.5) is 0 Å². The summed E-state index contributed by atoms with van der Waals surface area (Å²) in [6.45, 7) is 4.60. The molecule has 0 spiro atoms. The Bertz CT molecular complexity index is 410. The molecule has 1 aliphatic rings. The molecule has 0 saturated heterocycles. The second-order valence-corrected chi connectivity index (χ2v) is 5.70. The lowest BCUT2D eigenvalue weighted by Crippen LogP contribution is -2.41. The minimum absolute atomic E-state index is 0.210. The Morgan fingerprint density at radius 1 is 1.61 bits per heavy atom. The molecule has 4 heteroatoms. The smallest absolute Gasteiger partial charge is 0.125 e. The van der Waals surface area contributed by atoms with Gasteiger partial charge in [0.05, 0.1) is 5.69 Å². The van der Waals surface area contributed by atoms with Crippen LogP contribution in [-0.4, -0.2) is 21.6 Å². The summed E-state index contributed by atoms with van der Waals surface area (Å²) in [5.74, 6) is 1.32. The van der Waals surface area contributed by atoms with Crippen LogP contribution in [0.15, 0.2) is 12.3 Å². The Balaban J connectivity index is 2.26. The van der Waals surface area contributed by atoms with Crippen molar-refractivity contribution in [3.8, 4) is 0 Å². The number of aliphatic hydroxyl groups excluding tert-OH is 1. The summed E-state index contributed by atoms with van der Waals surface area (Å²) in [6.07, 6.45) is 5.46. The van der Waals surface area contributed by atoms with Gasteiger partial charge in [0.1, 0.15) is 11.9 Å². The van der Waals surface area contributed by atoms with Crippen LogP contribution in [0.2, 0.25) is 0 Å². The standard InChI is InChI=1S/C14H23N3O/c1-10-4-3-6-14(8-10,9-15)13(18)12-5-7-16-11(2)17-12/h5,7,10,13,18H,3-4,6,8-9,15H2,1-2H3. The summed E-state index contributed by atoms with van der Waals surface area (Å²) in [4.78, 5) is 8.43. The fourth-order valence-corrected chi connectivity index (χ4v) is 3.19. The lowest BCUT2D eigenvalue weighted by molar-refractivity contribution is -0.0158. The fraction of sp³-hybridized carbons (Fsp3) is 0.714. The SMILES string of the molecule is Cc1nccc(C(O)C2(CN)CCCC(C)C2)n1. The van der Waals surface area contributed by atoms with Gasteiger partial charge in [-0.25, -0.2) is 9.97 Å². The maximum atomic E-state index is 10.7. The molecule has 0 aromatic carbocycles. The Morgan fingerprint density at radius 2 is 2.39 bits per heavy atom. The molecule has 0 aliphatic heterocycles. The first-order chi connectivity index (χ1) is 8.57. The minimum Gasteiger partial charge on any atom is -0.386 e. The highest BCUT2D eigenvalue weighted by Crippen LogP contribution is 2.46. The van der Waals surface area contributed by atoms with Gasteiger partial charge in [-0.2, -0.15) is 0 Å². The summed E-state index contributed by atoms with van der Waals surface area (Å²) in [5.41, 5.74) is 6.47. The first-order valence-corrected chi connectivity index (χ1v) is 6.75. The lowest BCUT2D eigenvalue weighted by atomic mass is 9.66. The molecule has 0 radical (unpaired) electrons. The van der Waals surface area contributed by atoms with Crippen molar-refractivity contribution in [1.82, 2.24) is 9.97 Å². The highest BCUT2D eigenvalue weighted by atomic mass is 16.3. The third-order valence-corrected chi connectivity index (χ3v) is 4.19. The molecule has 0 amide bonds. The number of rotatable bonds is 3. The number of hydrogen-bond donors (Lipinski definition) is 2. The normalized spacial score (nSPS) is 30.1. The summed E-state index contributed by atoms with van der Waals surface area (Å²) >= 11 is 0. The molecule has 0 bridgehead atoms. The van der Waals surface area contributed by atoms with Crippen molar-refractivity contribution in [2.45, 2.75) is 45.6 Å². The highest BCUT2D eigenvalue weighted by molar-refractivity contribution is 5.10. The van der Waals surface area contributed by atoms with Gasteiger partial charge in [0.15, 0.2) is 0 Å². The van der Waals surface area contributed by atoms with Gasteiger partial charge in [-0.1, -0.05) is 19.8 Å². The van der Waals surface area contributed by atoms with Gasteiger partial charge >= 0.3 is 0 Å². The van der Waals surface area contributed by atoms with Crippen molar-refractivity contribution in [3.05, 3.63) is 23.8 Å². The molecule has 3 unspecified atom stereocenters. The number of aliphatic hydroxyl groups is 1. The third kappa shape index (κ3) is 2.54. The summed E-state index contributed by atoms with van der Waals surface area (Å²) in [5, 5.41) is 10.7. The maximum absolute atomic E-state index is 10.7. The van der Waals surface area contributed by atoms with E-state index in [4.69, 9.17) is 5.73 Å². The van der Waals surface area contributed by atoms with E-state index in [1.54, 1.807) is 12.3 Å². The first-order valence-electron chi connectivity index (χ1n) is 6.75. The van der Waals surface area contributed by atoms with Gasteiger partial charge < -0.3 is 10.8 Å². The van der Waals surface area contributed by atoms with Crippen LogP contribution in [0, 0.1) is 18.3 Å². The zero-order valence-corrected chi connectivity index (χ0v) is 11.3. The number of hydrogen-bond acceptors (Lipinski definition) is 4. The van der Waals surface area contributed by atoms with E-state index in [1.807, 2.05) is 6.92 Å². The van der Waals surface area contributed by atoms with Crippen molar-refractivity contribution < 1.29 is 5.11 Å². The van der Waals surface area contributed by atoms with Gasteiger partial charge in [-0.05, 0) is 31.7 Å². The zero-order valence-electron chi connectivity index (χ0n) is 11.3. The van der Waals surface area contributed by atoms with Gasteiger partial charge in [-0.3, -0.25) is 0 Å². The Labute approximate surface area is 109 Å². The molecule has 1 aliphatic carbocycles. The number of nitrogens with two attached hydrogens (primary N) is 1. The molecule has 3 atom stereocenters. The van der Waals surface area contributed by atoms with Crippen LogP contribution in [-0.2, 0) is 0 Å². The topological polar surface area (TPSA) is 72.0 Å². The highest BCUT2D eigenvalue weighted by Gasteiger charge is 2.41. The molecule has 1 aromatic heterocycles. The van der Waals surface area contributed by atoms with Gasteiger partial charge in [0, 0.05) is 18.2 Å². The van der Waals surface area contributed by atoms with Gasteiger partial charge in [-0.15, -0.1) is 0 Å². The van der Waals surface area contributed by atoms with Crippen LogP contribution >= 0.6 is 0 Å². The largest absolute Gasteiger partial charge is 0.386 e. The third-order valence-electron chi connectivity index (χ3n) is 4.19. The van der Waals surface area contributed by atoms with E-state index in [2.05, 4.69) is 16.9 Å². The van der Waals surface area contributed by atoms with Gasteiger partial charge in [0.2, 0.25) is 0 Å². The predicted octanol–water partition coefficient (Wildman–Crippen LogP) is 1.97. The van der Waals surface area contributed by atoms with Crippen molar-refractivity contribution in [3.63, 3.8) is 0 Å². The number of aromatic nitrogens is 2.